The van der Waals surface area contributed by atoms with E-state index in [0.717, 1.165) is 17.2 Å². The summed E-state index contributed by atoms with van der Waals surface area (Å²) in [5.74, 6) is -0.389. The summed E-state index contributed by atoms with van der Waals surface area (Å²) in [5.41, 5.74) is 2.57. The maximum absolute atomic E-state index is 12.2. The highest BCUT2D eigenvalue weighted by molar-refractivity contribution is 7.14. The van der Waals surface area contributed by atoms with Crippen molar-refractivity contribution in [2.75, 3.05) is 12.4 Å². The van der Waals surface area contributed by atoms with Gasteiger partial charge in [-0.05, 0) is 18.2 Å². The summed E-state index contributed by atoms with van der Waals surface area (Å²) < 4.78 is 8.20. The maximum Gasteiger partial charge on any atom is 0.257 e. The SMILES string of the molecule is CNC(=O)Cc1csc(NC(=O)c2ccc3nsnc3c2)n1. The Morgan fingerprint density at radius 3 is 2.86 bits per heavy atom. The number of rotatable bonds is 4. The van der Waals surface area contributed by atoms with Gasteiger partial charge in [-0.2, -0.15) is 8.75 Å². The Morgan fingerprint density at radius 2 is 2.05 bits per heavy atom. The molecule has 0 aliphatic heterocycles. The standard InChI is InChI=1S/C13H11N5O2S2/c1-14-11(19)5-8-6-21-13(15-8)16-12(20)7-2-3-9-10(4-7)18-22-17-9/h2-4,6H,5H2,1H3,(H,14,19)(H,15,16,20). The number of thiazole rings is 1. The Morgan fingerprint density at radius 1 is 1.23 bits per heavy atom. The predicted octanol–water partition coefficient (Wildman–Crippen LogP) is 1.69. The van der Waals surface area contributed by atoms with Crippen LogP contribution in [0.4, 0.5) is 5.13 Å². The molecule has 0 saturated carbocycles. The molecular formula is C13H11N5O2S2. The minimum Gasteiger partial charge on any atom is -0.359 e. The molecule has 3 aromatic rings. The summed E-state index contributed by atoms with van der Waals surface area (Å²) in [6.45, 7) is 0. The molecule has 0 radical (unpaired) electrons. The minimum atomic E-state index is -0.268. The molecule has 0 bridgehead atoms. The first-order valence-corrected chi connectivity index (χ1v) is 7.95. The van der Waals surface area contributed by atoms with Crippen LogP contribution in [0.5, 0.6) is 0 Å². The average Bonchev–Trinajstić information content (AvgIpc) is 3.15. The number of nitrogens with zero attached hydrogens (tertiary/aromatic N) is 3. The molecule has 0 fully saturated rings. The van der Waals surface area contributed by atoms with Crippen molar-refractivity contribution in [3.05, 3.63) is 34.8 Å². The molecule has 1 aromatic carbocycles. The topological polar surface area (TPSA) is 96.9 Å². The number of nitrogens with one attached hydrogen (secondary N) is 2. The highest BCUT2D eigenvalue weighted by atomic mass is 32.1. The van der Waals surface area contributed by atoms with E-state index in [-0.39, 0.29) is 18.2 Å². The van der Waals surface area contributed by atoms with Crippen LogP contribution < -0.4 is 10.6 Å². The Kier molecular flexibility index (Phi) is 4.07. The van der Waals surface area contributed by atoms with E-state index in [2.05, 4.69) is 24.4 Å². The van der Waals surface area contributed by atoms with Gasteiger partial charge in [0, 0.05) is 18.0 Å². The summed E-state index contributed by atoms with van der Waals surface area (Å²) in [5, 5.41) is 7.46. The maximum atomic E-state index is 12.2. The second kappa shape index (κ2) is 6.16. The van der Waals surface area contributed by atoms with Crippen LogP contribution in [0.15, 0.2) is 23.6 Å². The number of likely N-dealkylation sites (N-methyl/N-ethyl adjacent to an activating group) is 1. The molecule has 22 heavy (non-hydrogen) atoms. The van der Waals surface area contributed by atoms with Gasteiger partial charge in [0.05, 0.1) is 23.8 Å². The molecule has 2 amide bonds. The number of fused-ring (bicyclic) bond motifs is 1. The normalized spacial score (nSPS) is 10.6. The second-order valence-electron chi connectivity index (χ2n) is 4.42. The van der Waals surface area contributed by atoms with Crippen LogP contribution in [0.2, 0.25) is 0 Å². The van der Waals surface area contributed by atoms with E-state index in [1.165, 1.54) is 11.3 Å². The smallest absolute Gasteiger partial charge is 0.257 e. The highest BCUT2D eigenvalue weighted by Crippen LogP contribution is 2.18. The van der Waals surface area contributed by atoms with Gasteiger partial charge in [0.2, 0.25) is 5.91 Å². The van der Waals surface area contributed by atoms with Crippen LogP contribution in [-0.2, 0) is 11.2 Å². The van der Waals surface area contributed by atoms with Gasteiger partial charge in [-0.1, -0.05) is 0 Å². The largest absolute Gasteiger partial charge is 0.359 e. The van der Waals surface area contributed by atoms with Gasteiger partial charge in [-0.3, -0.25) is 14.9 Å². The number of amides is 2. The van der Waals surface area contributed by atoms with E-state index in [4.69, 9.17) is 0 Å². The van der Waals surface area contributed by atoms with Gasteiger partial charge >= 0.3 is 0 Å². The summed E-state index contributed by atoms with van der Waals surface area (Å²) >= 11 is 2.39. The third-order valence-electron chi connectivity index (χ3n) is 2.91. The second-order valence-corrected chi connectivity index (χ2v) is 5.80. The number of hydrogen-bond donors (Lipinski definition) is 2. The van der Waals surface area contributed by atoms with E-state index in [1.807, 2.05) is 0 Å². The third kappa shape index (κ3) is 3.10. The van der Waals surface area contributed by atoms with Crippen molar-refractivity contribution in [3.63, 3.8) is 0 Å². The van der Waals surface area contributed by atoms with E-state index in [0.29, 0.717) is 21.9 Å². The number of anilines is 1. The van der Waals surface area contributed by atoms with Crippen molar-refractivity contribution < 1.29 is 9.59 Å². The molecular weight excluding hydrogens is 322 g/mol. The van der Waals surface area contributed by atoms with Crippen LogP contribution in [0.25, 0.3) is 11.0 Å². The Balaban J connectivity index is 1.72. The van der Waals surface area contributed by atoms with E-state index in [1.54, 1.807) is 30.6 Å². The number of benzene rings is 1. The molecule has 112 valence electrons. The summed E-state index contributed by atoms with van der Waals surface area (Å²) in [7, 11) is 1.57. The fourth-order valence-corrected chi connectivity index (χ4v) is 3.01. The summed E-state index contributed by atoms with van der Waals surface area (Å²) in [6, 6.07) is 5.14. The van der Waals surface area contributed by atoms with Gasteiger partial charge < -0.3 is 5.32 Å². The van der Waals surface area contributed by atoms with Crippen molar-refractivity contribution in [3.8, 4) is 0 Å². The van der Waals surface area contributed by atoms with Crippen molar-refractivity contribution in [2.24, 2.45) is 0 Å². The number of hydrogen-bond acceptors (Lipinski definition) is 7. The zero-order valence-electron chi connectivity index (χ0n) is 11.5. The Labute approximate surface area is 133 Å². The molecule has 3 rings (SSSR count). The van der Waals surface area contributed by atoms with Gasteiger partial charge in [0.15, 0.2) is 5.13 Å². The molecule has 0 aliphatic rings. The lowest BCUT2D eigenvalue weighted by molar-refractivity contribution is -0.120. The van der Waals surface area contributed by atoms with E-state index >= 15 is 0 Å². The first-order chi connectivity index (χ1) is 10.7. The van der Waals surface area contributed by atoms with Crippen LogP contribution >= 0.6 is 23.1 Å². The molecule has 7 nitrogen and oxygen atoms in total. The molecule has 2 N–H and O–H groups in total. The molecule has 0 aliphatic carbocycles. The molecule has 0 unspecified atom stereocenters. The quantitative estimate of drug-likeness (QED) is 0.757. The van der Waals surface area contributed by atoms with Crippen LogP contribution in [-0.4, -0.2) is 32.6 Å². The van der Waals surface area contributed by atoms with Crippen molar-refractivity contribution in [1.29, 1.82) is 0 Å². The molecule has 0 saturated heterocycles. The van der Waals surface area contributed by atoms with Crippen molar-refractivity contribution in [1.82, 2.24) is 19.0 Å². The Hall–Kier alpha value is -2.39. The lowest BCUT2D eigenvalue weighted by Crippen LogP contribution is -2.20. The zero-order valence-corrected chi connectivity index (χ0v) is 13.1. The van der Waals surface area contributed by atoms with Crippen molar-refractivity contribution in [2.45, 2.75) is 6.42 Å². The van der Waals surface area contributed by atoms with E-state index < -0.39 is 0 Å². The van der Waals surface area contributed by atoms with E-state index in [9.17, 15) is 9.59 Å². The third-order valence-corrected chi connectivity index (χ3v) is 4.27. The monoisotopic (exact) mass is 333 g/mol. The average molecular weight is 333 g/mol. The van der Waals surface area contributed by atoms with Gasteiger partial charge in [0.1, 0.15) is 11.0 Å². The lowest BCUT2D eigenvalue weighted by Gasteiger charge is -2.01. The fourth-order valence-electron chi connectivity index (χ4n) is 1.79. The molecule has 9 heteroatoms. The molecule has 2 aromatic heterocycles. The fraction of sp³-hybridized carbons (Fsp3) is 0.154. The van der Waals surface area contributed by atoms with Crippen LogP contribution in [0.1, 0.15) is 16.1 Å². The van der Waals surface area contributed by atoms with Crippen LogP contribution in [0, 0.1) is 0 Å². The Bertz CT molecular complexity index is 842. The van der Waals surface area contributed by atoms with Gasteiger partial charge in [-0.25, -0.2) is 4.98 Å². The number of aromatic nitrogens is 3. The van der Waals surface area contributed by atoms with Crippen LogP contribution in [0.3, 0.4) is 0 Å². The summed E-state index contributed by atoms with van der Waals surface area (Å²) in [6.07, 6.45) is 0.194. The number of carbonyl (C=O) groups is 2. The minimum absolute atomic E-state index is 0.121. The first kappa shape index (κ1) is 14.5. The lowest BCUT2D eigenvalue weighted by atomic mass is 10.2. The van der Waals surface area contributed by atoms with Crippen molar-refractivity contribution >= 4 is 51.0 Å². The summed E-state index contributed by atoms with van der Waals surface area (Å²) in [4.78, 5) is 27.7. The molecule has 0 atom stereocenters. The predicted molar refractivity (Wildman–Crippen MR) is 85.3 cm³/mol. The number of carbonyl (C=O) groups excluding carboxylic acids is 2. The molecule has 0 spiro atoms. The zero-order chi connectivity index (χ0) is 15.5. The highest BCUT2D eigenvalue weighted by Gasteiger charge is 2.12. The molecule has 2 heterocycles. The first-order valence-electron chi connectivity index (χ1n) is 6.34. The van der Waals surface area contributed by atoms with Gasteiger partial charge in [-0.15, -0.1) is 11.3 Å². The van der Waals surface area contributed by atoms with Gasteiger partial charge in [0.25, 0.3) is 5.91 Å².